The minimum atomic E-state index is 0.335. The van der Waals surface area contributed by atoms with E-state index in [9.17, 15) is 0 Å². The van der Waals surface area contributed by atoms with E-state index in [0.29, 0.717) is 5.41 Å². The van der Waals surface area contributed by atoms with Crippen molar-refractivity contribution in [1.82, 2.24) is 4.90 Å². The molecule has 0 bridgehead atoms. The van der Waals surface area contributed by atoms with E-state index < -0.39 is 0 Å². The molecule has 2 nitrogen and oxygen atoms in total. The fourth-order valence-corrected chi connectivity index (χ4v) is 2.99. The first-order valence-electron chi connectivity index (χ1n) is 7.92. The summed E-state index contributed by atoms with van der Waals surface area (Å²) >= 11 is 0. The van der Waals surface area contributed by atoms with Gasteiger partial charge in [0, 0.05) is 6.54 Å². The third-order valence-corrected chi connectivity index (χ3v) is 4.49. The van der Waals surface area contributed by atoms with Crippen LogP contribution in [0.15, 0.2) is 0 Å². The second kappa shape index (κ2) is 8.16. The smallest absolute Gasteiger partial charge is 0.000661 e. The Morgan fingerprint density at radius 3 is 2.39 bits per heavy atom. The number of rotatable bonds is 8. The van der Waals surface area contributed by atoms with E-state index in [1.165, 1.54) is 64.5 Å². The van der Waals surface area contributed by atoms with Gasteiger partial charge in [-0.2, -0.15) is 0 Å². The van der Waals surface area contributed by atoms with Gasteiger partial charge in [-0.05, 0) is 57.2 Å². The van der Waals surface area contributed by atoms with Gasteiger partial charge in [0.15, 0.2) is 0 Å². The van der Waals surface area contributed by atoms with Gasteiger partial charge in [-0.15, -0.1) is 0 Å². The van der Waals surface area contributed by atoms with Crippen molar-refractivity contribution in [2.24, 2.45) is 17.1 Å². The molecule has 0 saturated heterocycles. The monoisotopic (exact) mass is 254 g/mol. The third-order valence-electron chi connectivity index (χ3n) is 4.49. The maximum absolute atomic E-state index is 5.76. The zero-order valence-electron chi connectivity index (χ0n) is 12.9. The highest BCUT2D eigenvalue weighted by atomic mass is 15.1. The van der Waals surface area contributed by atoms with Crippen LogP contribution >= 0.6 is 0 Å². The van der Waals surface area contributed by atoms with Gasteiger partial charge in [0.05, 0.1) is 0 Å². The van der Waals surface area contributed by atoms with Gasteiger partial charge in [-0.3, -0.25) is 0 Å². The molecule has 0 heterocycles. The molecule has 0 atom stereocenters. The molecule has 0 aromatic carbocycles. The molecule has 0 aromatic heterocycles. The van der Waals surface area contributed by atoms with Gasteiger partial charge < -0.3 is 10.6 Å². The zero-order valence-corrected chi connectivity index (χ0v) is 12.9. The molecule has 0 aromatic rings. The van der Waals surface area contributed by atoms with Crippen molar-refractivity contribution in [2.45, 2.75) is 65.2 Å². The zero-order chi connectivity index (χ0) is 13.4. The van der Waals surface area contributed by atoms with Crippen LogP contribution < -0.4 is 5.73 Å². The number of hydrogen-bond acceptors (Lipinski definition) is 2. The Bertz CT molecular complexity index is 207. The van der Waals surface area contributed by atoms with Gasteiger partial charge in [0.25, 0.3) is 0 Å². The summed E-state index contributed by atoms with van der Waals surface area (Å²) in [5, 5.41) is 0. The predicted molar refractivity (Wildman–Crippen MR) is 80.8 cm³/mol. The van der Waals surface area contributed by atoms with E-state index >= 15 is 0 Å². The van der Waals surface area contributed by atoms with Crippen LogP contribution in [0.2, 0.25) is 0 Å². The summed E-state index contributed by atoms with van der Waals surface area (Å²) < 4.78 is 0. The van der Waals surface area contributed by atoms with Crippen molar-refractivity contribution < 1.29 is 0 Å². The molecule has 1 fully saturated rings. The van der Waals surface area contributed by atoms with Crippen LogP contribution in [-0.4, -0.2) is 31.6 Å². The topological polar surface area (TPSA) is 29.3 Å². The largest absolute Gasteiger partial charge is 0.330 e. The first-order chi connectivity index (χ1) is 8.53. The number of hydrogen-bond donors (Lipinski definition) is 1. The van der Waals surface area contributed by atoms with Crippen LogP contribution in [0.5, 0.6) is 0 Å². The average Bonchev–Trinajstić information content (AvgIpc) is 2.36. The maximum atomic E-state index is 5.76. The van der Waals surface area contributed by atoms with E-state index in [-0.39, 0.29) is 0 Å². The second-order valence-corrected chi connectivity index (χ2v) is 7.09. The van der Waals surface area contributed by atoms with E-state index in [2.05, 4.69) is 25.8 Å². The molecule has 1 rings (SSSR count). The molecule has 0 spiro atoms. The van der Waals surface area contributed by atoms with Gasteiger partial charge in [-0.25, -0.2) is 0 Å². The lowest BCUT2D eigenvalue weighted by atomic mass is 9.87. The van der Waals surface area contributed by atoms with Crippen LogP contribution in [0.25, 0.3) is 0 Å². The van der Waals surface area contributed by atoms with Crippen LogP contribution in [0.4, 0.5) is 0 Å². The van der Waals surface area contributed by atoms with Crippen molar-refractivity contribution in [3.63, 3.8) is 0 Å². The summed E-state index contributed by atoms with van der Waals surface area (Å²) in [6, 6.07) is 0. The maximum Gasteiger partial charge on any atom is 0.000661 e. The summed E-state index contributed by atoms with van der Waals surface area (Å²) in [7, 11) is 2.29. The number of nitrogens with zero attached hydrogens (tertiary/aromatic N) is 1. The molecule has 18 heavy (non-hydrogen) atoms. The summed E-state index contributed by atoms with van der Waals surface area (Å²) in [6.45, 7) is 7.94. The molecule has 2 heteroatoms. The average molecular weight is 254 g/mol. The Morgan fingerprint density at radius 2 is 1.78 bits per heavy atom. The van der Waals surface area contributed by atoms with Crippen LogP contribution in [0.1, 0.15) is 65.2 Å². The summed E-state index contributed by atoms with van der Waals surface area (Å²) in [5.74, 6) is 0.976. The van der Waals surface area contributed by atoms with Crippen molar-refractivity contribution in [2.75, 3.05) is 26.7 Å². The Balaban J connectivity index is 2.04. The second-order valence-electron chi connectivity index (χ2n) is 7.09. The van der Waals surface area contributed by atoms with Crippen molar-refractivity contribution in [3.05, 3.63) is 0 Å². The van der Waals surface area contributed by atoms with Gasteiger partial charge in [0.2, 0.25) is 0 Å². The van der Waals surface area contributed by atoms with Crippen LogP contribution in [0, 0.1) is 11.3 Å². The lowest BCUT2D eigenvalue weighted by molar-refractivity contribution is 0.225. The lowest BCUT2D eigenvalue weighted by Gasteiger charge is -2.27. The highest BCUT2D eigenvalue weighted by molar-refractivity contribution is 4.71. The van der Waals surface area contributed by atoms with Gasteiger partial charge >= 0.3 is 0 Å². The van der Waals surface area contributed by atoms with Crippen LogP contribution in [0.3, 0.4) is 0 Å². The van der Waals surface area contributed by atoms with Crippen molar-refractivity contribution in [1.29, 1.82) is 0 Å². The lowest BCUT2D eigenvalue weighted by Crippen LogP contribution is -2.28. The molecule has 0 amide bonds. The Morgan fingerprint density at radius 1 is 1.11 bits per heavy atom. The van der Waals surface area contributed by atoms with Crippen LogP contribution in [-0.2, 0) is 0 Å². The Hall–Kier alpha value is -0.0800. The molecule has 108 valence electrons. The normalized spacial score (nSPS) is 18.5. The molecular formula is C16H34N2. The molecule has 0 aliphatic heterocycles. The van der Waals surface area contributed by atoms with Crippen molar-refractivity contribution in [3.8, 4) is 0 Å². The summed E-state index contributed by atoms with van der Waals surface area (Å²) in [6.07, 6.45) is 11.2. The van der Waals surface area contributed by atoms with E-state index in [4.69, 9.17) is 5.73 Å². The minimum absolute atomic E-state index is 0.335. The fourth-order valence-electron chi connectivity index (χ4n) is 2.99. The quantitative estimate of drug-likeness (QED) is 0.670. The van der Waals surface area contributed by atoms with Crippen molar-refractivity contribution >= 4 is 0 Å². The van der Waals surface area contributed by atoms with E-state index in [0.717, 1.165) is 12.5 Å². The first kappa shape index (κ1) is 16.0. The molecule has 1 aliphatic rings. The number of nitrogens with two attached hydrogens (primary N) is 1. The van der Waals surface area contributed by atoms with E-state index in [1.54, 1.807) is 0 Å². The van der Waals surface area contributed by atoms with E-state index in [1.807, 2.05) is 0 Å². The SMILES string of the molecule is CN(CCCCC(C)(C)CN)CC1CCCCC1. The standard InChI is InChI=1S/C16H34N2/c1-16(2,14-17)11-7-8-12-18(3)13-15-9-5-4-6-10-15/h15H,4-14,17H2,1-3H3. The molecule has 0 radical (unpaired) electrons. The van der Waals surface area contributed by atoms with Gasteiger partial charge in [0.1, 0.15) is 0 Å². The predicted octanol–water partition coefficient (Wildman–Crippen LogP) is 3.65. The molecule has 2 N–H and O–H groups in total. The number of unbranched alkanes of at least 4 members (excludes halogenated alkanes) is 1. The highest BCUT2D eigenvalue weighted by Gasteiger charge is 2.16. The summed E-state index contributed by atoms with van der Waals surface area (Å²) in [4.78, 5) is 2.55. The molecule has 0 unspecified atom stereocenters. The first-order valence-corrected chi connectivity index (χ1v) is 7.92. The highest BCUT2D eigenvalue weighted by Crippen LogP contribution is 2.24. The molecular weight excluding hydrogens is 220 g/mol. The van der Waals surface area contributed by atoms with Gasteiger partial charge in [-0.1, -0.05) is 39.5 Å². The minimum Gasteiger partial charge on any atom is -0.330 e. The molecule has 1 aliphatic carbocycles. The Labute approximate surface area is 114 Å². The fraction of sp³-hybridized carbons (Fsp3) is 1.00. The third kappa shape index (κ3) is 6.75. The molecule has 1 saturated carbocycles. The summed E-state index contributed by atoms with van der Waals surface area (Å²) in [5.41, 5.74) is 6.10. The Kier molecular flexibility index (Phi) is 7.25.